The predicted octanol–water partition coefficient (Wildman–Crippen LogP) is 3.25. The minimum Gasteiger partial charge on any atom is -0.492 e. The van der Waals surface area contributed by atoms with Crippen molar-refractivity contribution in [3.8, 4) is 5.75 Å². The molecule has 0 aromatic heterocycles. The standard InChI is InChI=1S/C17H27NO2/c1-16(2)11-14(17(3,4)20-16)15(18-5)12-19-13-9-7-6-8-10-13/h6-10,14-15,18H,11-12H2,1-5H3. The molecule has 2 rings (SSSR count). The van der Waals surface area contributed by atoms with Gasteiger partial charge in [-0.05, 0) is 53.3 Å². The lowest BCUT2D eigenvalue weighted by atomic mass is 9.82. The van der Waals surface area contributed by atoms with Crippen molar-refractivity contribution in [2.45, 2.75) is 51.4 Å². The third-order valence-corrected chi connectivity index (χ3v) is 4.17. The van der Waals surface area contributed by atoms with E-state index >= 15 is 0 Å². The van der Waals surface area contributed by atoms with Crippen LogP contribution in [-0.2, 0) is 4.74 Å². The summed E-state index contributed by atoms with van der Waals surface area (Å²) < 4.78 is 12.1. The average Bonchev–Trinajstić information content (AvgIpc) is 2.60. The molecule has 3 heteroatoms. The molecule has 1 heterocycles. The van der Waals surface area contributed by atoms with E-state index in [1.807, 2.05) is 37.4 Å². The van der Waals surface area contributed by atoms with Crippen LogP contribution in [0.25, 0.3) is 0 Å². The first-order valence-electron chi connectivity index (χ1n) is 7.39. The Morgan fingerprint density at radius 1 is 1.25 bits per heavy atom. The van der Waals surface area contributed by atoms with Gasteiger partial charge in [-0.2, -0.15) is 0 Å². The van der Waals surface area contributed by atoms with Crippen molar-refractivity contribution in [1.29, 1.82) is 0 Å². The fourth-order valence-corrected chi connectivity index (χ4v) is 3.34. The molecule has 2 atom stereocenters. The molecule has 1 aliphatic heterocycles. The Morgan fingerprint density at radius 3 is 2.40 bits per heavy atom. The summed E-state index contributed by atoms with van der Waals surface area (Å²) >= 11 is 0. The fourth-order valence-electron chi connectivity index (χ4n) is 3.34. The summed E-state index contributed by atoms with van der Waals surface area (Å²) in [7, 11) is 2.00. The van der Waals surface area contributed by atoms with Gasteiger partial charge in [0, 0.05) is 12.0 Å². The highest BCUT2D eigenvalue weighted by Gasteiger charge is 2.48. The molecule has 1 saturated heterocycles. The average molecular weight is 277 g/mol. The van der Waals surface area contributed by atoms with Crippen LogP contribution in [0.15, 0.2) is 30.3 Å². The zero-order valence-corrected chi connectivity index (χ0v) is 13.3. The van der Waals surface area contributed by atoms with Crippen LogP contribution in [0.3, 0.4) is 0 Å². The van der Waals surface area contributed by atoms with Gasteiger partial charge in [-0.1, -0.05) is 18.2 Å². The summed E-state index contributed by atoms with van der Waals surface area (Å²) in [4.78, 5) is 0. The molecule has 0 spiro atoms. The van der Waals surface area contributed by atoms with Crippen molar-refractivity contribution in [3.63, 3.8) is 0 Å². The van der Waals surface area contributed by atoms with E-state index in [2.05, 4.69) is 33.0 Å². The van der Waals surface area contributed by atoms with Gasteiger partial charge in [0.25, 0.3) is 0 Å². The SMILES string of the molecule is CNC(COc1ccccc1)C1CC(C)(C)OC1(C)C. The summed E-state index contributed by atoms with van der Waals surface area (Å²) in [5.41, 5.74) is -0.187. The van der Waals surface area contributed by atoms with Gasteiger partial charge in [0.2, 0.25) is 0 Å². The first kappa shape index (κ1) is 15.3. The molecule has 0 radical (unpaired) electrons. The highest BCUT2D eigenvalue weighted by molar-refractivity contribution is 5.21. The number of hydrogen-bond donors (Lipinski definition) is 1. The Morgan fingerprint density at radius 2 is 1.90 bits per heavy atom. The normalized spacial score (nSPS) is 25.4. The molecule has 0 saturated carbocycles. The van der Waals surface area contributed by atoms with E-state index in [1.165, 1.54) is 0 Å². The lowest BCUT2D eigenvalue weighted by Gasteiger charge is -2.32. The Bertz CT molecular complexity index is 428. The van der Waals surface area contributed by atoms with Crippen molar-refractivity contribution < 1.29 is 9.47 Å². The summed E-state index contributed by atoms with van der Waals surface area (Å²) in [5, 5.41) is 3.40. The van der Waals surface area contributed by atoms with Crippen LogP contribution in [0.1, 0.15) is 34.1 Å². The zero-order valence-electron chi connectivity index (χ0n) is 13.3. The number of hydrogen-bond acceptors (Lipinski definition) is 3. The zero-order chi connectivity index (χ0) is 14.8. The van der Waals surface area contributed by atoms with Crippen molar-refractivity contribution in [2.75, 3.05) is 13.7 Å². The molecule has 2 unspecified atom stereocenters. The summed E-state index contributed by atoms with van der Waals surface area (Å²) in [6, 6.07) is 10.3. The maximum atomic E-state index is 6.19. The molecule has 112 valence electrons. The van der Waals surface area contributed by atoms with Crippen molar-refractivity contribution in [2.24, 2.45) is 5.92 Å². The topological polar surface area (TPSA) is 30.5 Å². The van der Waals surface area contributed by atoms with E-state index < -0.39 is 0 Å². The van der Waals surface area contributed by atoms with E-state index in [0.717, 1.165) is 12.2 Å². The van der Waals surface area contributed by atoms with Gasteiger partial charge in [0.1, 0.15) is 12.4 Å². The largest absolute Gasteiger partial charge is 0.492 e. The third-order valence-electron chi connectivity index (χ3n) is 4.17. The molecular formula is C17H27NO2. The highest BCUT2D eigenvalue weighted by Crippen LogP contribution is 2.43. The molecule has 0 amide bonds. The van der Waals surface area contributed by atoms with Crippen molar-refractivity contribution in [3.05, 3.63) is 30.3 Å². The second-order valence-corrected chi connectivity index (χ2v) is 6.80. The number of rotatable bonds is 5. The molecule has 1 aliphatic rings. The molecule has 20 heavy (non-hydrogen) atoms. The molecule has 0 bridgehead atoms. The van der Waals surface area contributed by atoms with E-state index in [9.17, 15) is 0 Å². The van der Waals surface area contributed by atoms with Gasteiger partial charge in [0.15, 0.2) is 0 Å². The minimum atomic E-state index is -0.128. The van der Waals surface area contributed by atoms with Gasteiger partial charge in [-0.25, -0.2) is 0 Å². The van der Waals surface area contributed by atoms with E-state index in [-0.39, 0.29) is 17.2 Å². The Balaban J connectivity index is 2.01. The molecule has 3 nitrogen and oxygen atoms in total. The van der Waals surface area contributed by atoms with E-state index in [4.69, 9.17) is 9.47 Å². The van der Waals surface area contributed by atoms with E-state index in [1.54, 1.807) is 0 Å². The van der Waals surface area contributed by atoms with Crippen LogP contribution in [0.4, 0.5) is 0 Å². The highest BCUT2D eigenvalue weighted by atomic mass is 16.5. The molecule has 1 fully saturated rings. The number of para-hydroxylation sites is 1. The second-order valence-electron chi connectivity index (χ2n) is 6.80. The summed E-state index contributed by atoms with van der Waals surface area (Å²) in [6.07, 6.45) is 1.05. The van der Waals surface area contributed by atoms with Crippen LogP contribution >= 0.6 is 0 Å². The monoisotopic (exact) mass is 277 g/mol. The molecule has 1 aromatic rings. The van der Waals surface area contributed by atoms with Gasteiger partial charge in [0.05, 0.1) is 11.2 Å². The quantitative estimate of drug-likeness (QED) is 0.896. The lowest BCUT2D eigenvalue weighted by Crippen LogP contribution is -2.46. The van der Waals surface area contributed by atoms with Crippen LogP contribution in [0, 0.1) is 5.92 Å². The maximum Gasteiger partial charge on any atom is 0.119 e. The van der Waals surface area contributed by atoms with Crippen LogP contribution < -0.4 is 10.1 Å². The minimum absolute atomic E-state index is 0.0595. The van der Waals surface area contributed by atoms with Gasteiger partial charge in [-0.3, -0.25) is 0 Å². The number of likely N-dealkylation sites (N-methyl/N-ethyl adjacent to an activating group) is 1. The van der Waals surface area contributed by atoms with Crippen LogP contribution in [-0.4, -0.2) is 30.9 Å². The maximum absolute atomic E-state index is 6.19. The Labute approximate surface area is 122 Å². The number of ether oxygens (including phenoxy) is 2. The van der Waals surface area contributed by atoms with Gasteiger partial charge >= 0.3 is 0 Å². The second kappa shape index (κ2) is 5.74. The summed E-state index contributed by atoms with van der Waals surface area (Å²) in [6.45, 7) is 9.35. The Kier molecular flexibility index (Phi) is 4.40. The fraction of sp³-hybridized carbons (Fsp3) is 0.647. The summed E-state index contributed by atoms with van der Waals surface area (Å²) in [5.74, 6) is 1.36. The van der Waals surface area contributed by atoms with Gasteiger partial charge < -0.3 is 14.8 Å². The van der Waals surface area contributed by atoms with Crippen LogP contribution in [0.2, 0.25) is 0 Å². The lowest BCUT2D eigenvalue weighted by molar-refractivity contribution is -0.0786. The number of nitrogens with one attached hydrogen (secondary N) is 1. The predicted molar refractivity (Wildman–Crippen MR) is 82.1 cm³/mol. The number of benzene rings is 1. The first-order chi connectivity index (χ1) is 9.34. The van der Waals surface area contributed by atoms with Crippen molar-refractivity contribution in [1.82, 2.24) is 5.32 Å². The first-order valence-corrected chi connectivity index (χ1v) is 7.39. The van der Waals surface area contributed by atoms with Crippen LogP contribution in [0.5, 0.6) is 5.75 Å². The van der Waals surface area contributed by atoms with Crippen molar-refractivity contribution >= 4 is 0 Å². The Hall–Kier alpha value is -1.06. The van der Waals surface area contributed by atoms with Gasteiger partial charge in [-0.15, -0.1) is 0 Å². The third kappa shape index (κ3) is 3.53. The smallest absolute Gasteiger partial charge is 0.119 e. The van der Waals surface area contributed by atoms with E-state index in [0.29, 0.717) is 12.5 Å². The molecular weight excluding hydrogens is 250 g/mol. The molecule has 1 aromatic carbocycles. The molecule has 0 aliphatic carbocycles. The molecule has 1 N–H and O–H groups in total.